The van der Waals surface area contributed by atoms with Crippen LogP contribution in [0.1, 0.15) is 12.5 Å². The predicted octanol–water partition coefficient (Wildman–Crippen LogP) is 4.21. The molecule has 0 bridgehead atoms. The molecule has 0 heterocycles. The second kappa shape index (κ2) is 9.53. The van der Waals surface area contributed by atoms with Crippen LogP contribution >= 0.6 is 0 Å². The maximum absolute atomic E-state index is 12.6. The fourth-order valence-electron chi connectivity index (χ4n) is 2.78. The first-order valence-electron chi connectivity index (χ1n) is 9.58. The highest BCUT2D eigenvalue weighted by Crippen LogP contribution is 2.22. The van der Waals surface area contributed by atoms with Gasteiger partial charge in [-0.1, -0.05) is 24.3 Å². The number of para-hydroxylation sites is 1. The summed E-state index contributed by atoms with van der Waals surface area (Å²) >= 11 is 0. The van der Waals surface area contributed by atoms with Gasteiger partial charge in [0.15, 0.2) is 6.10 Å². The van der Waals surface area contributed by atoms with Crippen LogP contribution in [0.15, 0.2) is 77.7 Å². The largest absolute Gasteiger partial charge is 0.497 e. The molecule has 3 aromatic carbocycles. The molecule has 2 N–H and O–H groups in total. The molecule has 31 heavy (non-hydrogen) atoms. The monoisotopic (exact) mass is 440 g/mol. The van der Waals surface area contributed by atoms with Crippen molar-refractivity contribution in [2.75, 3.05) is 17.1 Å². The van der Waals surface area contributed by atoms with Crippen LogP contribution in [0, 0.1) is 6.92 Å². The van der Waals surface area contributed by atoms with Gasteiger partial charge < -0.3 is 14.8 Å². The minimum atomic E-state index is -3.74. The van der Waals surface area contributed by atoms with E-state index in [-0.39, 0.29) is 10.8 Å². The molecule has 0 fully saturated rings. The molecular formula is C23H24N2O5S. The van der Waals surface area contributed by atoms with Crippen molar-refractivity contribution >= 4 is 27.3 Å². The summed E-state index contributed by atoms with van der Waals surface area (Å²) in [6, 6.07) is 20.0. The van der Waals surface area contributed by atoms with Gasteiger partial charge in [-0.3, -0.25) is 9.52 Å². The summed E-state index contributed by atoms with van der Waals surface area (Å²) in [4.78, 5) is 12.5. The molecule has 7 nitrogen and oxygen atoms in total. The highest BCUT2D eigenvalue weighted by Gasteiger charge is 2.17. The van der Waals surface area contributed by atoms with Crippen LogP contribution in [-0.2, 0) is 14.8 Å². The van der Waals surface area contributed by atoms with E-state index in [1.54, 1.807) is 50.4 Å². The fourth-order valence-corrected chi connectivity index (χ4v) is 3.92. The lowest BCUT2D eigenvalue weighted by molar-refractivity contribution is -0.122. The molecule has 8 heteroatoms. The summed E-state index contributed by atoms with van der Waals surface area (Å²) < 4.78 is 38.6. The summed E-state index contributed by atoms with van der Waals surface area (Å²) in [5.41, 5.74) is 1.80. The minimum Gasteiger partial charge on any atom is -0.497 e. The third-order valence-electron chi connectivity index (χ3n) is 4.54. The van der Waals surface area contributed by atoms with E-state index in [1.165, 1.54) is 24.3 Å². The minimum absolute atomic E-state index is 0.0921. The van der Waals surface area contributed by atoms with E-state index in [9.17, 15) is 13.2 Å². The number of methoxy groups -OCH3 is 1. The van der Waals surface area contributed by atoms with Crippen LogP contribution in [0.2, 0.25) is 0 Å². The van der Waals surface area contributed by atoms with Crippen molar-refractivity contribution in [3.05, 3.63) is 78.4 Å². The molecule has 0 unspecified atom stereocenters. The number of aryl methyl sites for hydroxylation is 1. The van der Waals surface area contributed by atoms with Crippen molar-refractivity contribution in [1.29, 1.82) is 0 Å². The maximum atomic E-state index is 12.6. The summed E-state index contributed by atoms with van der Waals surface area (Å²) in [6.45, 7) is 3.45. The number of rotatable bonds is 8. The topological polar surface area (TPSA) is 93.7 Å². The molecular weight excluding hydrogens is 416 g/mol. The van der Waals surface area contributed by atoms with Crippen molar-refractivity contribution < 1.29 is 22.7 Å². The van der Waals surface area contributed by atoms with Gasteiger partial charge >= 0.3 is 0 Å². The standard InChI is InChI=1S/C23H24N2O5S/c1-16-7-4-5-10-22(16)25-31(27,28)21-13-11-18(12-14-21)24-23(26)17(2)30-20-9-6-8-19(15-20)29-3/h4-15,17,25H,1-3H3,(H,24,26)/t17-/m0/s1. The van der Waals surface area contributed by atoms with Crippen molar-refractivity contribution in [3.63, 3.8) is 0 Å². The van der Waals surface area contributed by atoms with Crippen molar-refractivity contribution in [1.82, 2.24) is 0 Å². The molecule has 3 aromatic rings. The zero-order valence-corrected chi connectivity index (χ0v) is 18.3. The molecule has 3 rings (SSSR count). The number of amides is 1. The maximum Gasteiger partial charge on any atom is 0.265 e. The number of carbonyl (C=O) groups excluding carboxylic acids is 1. The number of carbonyl (C=O) groups is 1. The molecule has 0 aliphatic rings. The van der Waals surface area contributed by atoms with Gasteiger partial charge in [-0.05, 0) is 61.9 Å². The van der Waals surface area contributed by atoms with E-state index < -0.39 is 16.1 Å². The molecule has 0 spiro atoms. The van der Waals surface area contributed by atoms with Gasteiger partial charge in [0.25, 0.3) is 15.9 Å². The number of anilines is 2. The van der Waals surface area contributed by atoms with Gasteiger partial charge in [-0.25, -0.2) is 8.42 Å². The Morgan fingerprint density at radius 2 is 1.61 bits per heavy atom. The smallest absolute Gasteiger partial charge is 0.265 e. The lowest BCUT2D eigenvalue weighted by atomic mass is 10.2. The Kier molecular flexibility index (Phi) is 6.81. The summed E-state index contributed by atoms with van der Waals surface area (Å²) in [7, 11) is -2.19. The van der Waals surface area contributed by atoms with E-state index in [4.69, 9.17) is 9.47 Å². The lowest BCUT2D eigenvalue weighted by Gasteiger charge is -2.15. The fraction of sp³-hybridized carbons (Fsp3) is 0.174. The summed E-state index contributed by atoms with van der Waals surface area (Å²) in [5, 5.41) is 2.72. The average molecular weight is 441 g/mol. The summed E-state index contributed by atoms with van der Waals surface area (Å²) in [6.07, 6.45) is -0.766. The van der Waals surface area contributed by atoms with Gasteiger partial charge in [-0.15, -0.1) is 0 Å². The van der Waals surface area contributed by atoms with Gasteiger partial charge in [-0.2, -0.15) is 0 Å². The first-order valence-corrected chi connectivity index (χ1v) is 11.1. The Labute approximate surface area is 182 Å². The van der Waals surface area contributed by atoms with E-state index in [1.807, 2.05) is 19.1 Å². The number of hydrogen-bond donors (Lipinski definition) is 2. The van der Waals surface area contributed by atoms with Gasteiger partial charge in [0.05, 0.1) is 17.7 Å². The molecule has 0 aliphatic carbocycles. The van der Waals surface area contributed by atoms with Crippen LogP contribution in [-0.4, -0.2) is 27.5 Å². The molecule has 162 valence electrons. The Balaban J connectivity index is 1.64. The van der Waals surface area contributed by atoms with Crippen molar-refractivity contribution in [2.24, 2.45) is 0 Å². The second-order valence-corrected chi connectivity index (χ2v) is 8.56. The first-order chi connectivity index (χ1) is 14.8. The number of ether oxygens (including phenoxy) is 2. The lowest BCUT2D eigenvalue weighted by Crippen LogP contribution is -2.30. The van der Waals surface area contributed by atoms with Gasteiger partial charge in [0, 0.05) is 11.8 Å². The van der Waals surface area contributed by atoms with Crippen LogP contribution < -0.4 is 19.5 Å². The molecule has 0 aliphatic heterocycles. The summed E-state index contributed by atoms with van der Waals surface area (Å²) in [5.74, 6) is 0.767. The normalized spacial score (nSPS) is 12.0. The predicted molar refractivity (Wildman–Crippen MR) is 120 cm³/mol. The molecule has 1 amide bonds. The van der Waals surface area contributed by atoms with Crippen LogP contribution in [0.4, 0.5) is 11.4 Å². The Morgan fingerprint density at radius 3 is 2.29 bits per heavy atom. The van der Waals surface area contributed by atoms with Gasteiger partial charge in [0.2, 0.25) is 0 Å². The number of nitrogens with one attached hydrogen (secondary N) is 2. The third-order valence-corrected chi connectivity index (χ3v) is 5.93. The van der Waals surface area contributed by atoms with E-state index in [0.717, 1.165) is 5.56 Å². The zero-order valence-electron chi connectivity index (χ0n) is 17.5. The van der Waals surface area contributed by atoms with Crippen LogP contribution in [0.5, 0.6) is 11.5 Å². The highest BCUT2D eigenvalue weighted by atomic mass is 32.2. The number of sulfonamides is 1. The first kappa shape index (κ1) is 22.2. The van der Waals surface area contributed by atoms with Crippen LogP contribution in [0.3, 0.4) is 0 Å². The Bertz CT molecular complexity index is 1160. The second-order valence-electron chi connectivity index (χ2n) is 6.87. The molecule has 0 aromatic heterocycles. The molecule has 0 saturated heterocycles. The van der Waals surface area contributed by atoms with Crippen molar-refractivity contribution in [2.45, 2.75) is 24.8 Å². The van der Waals surface area contributed by atoms with E-state index in [2.05, 4.69) is 10.0 Å². The van der Waals surface area contributed by atoms with E-state index >= 15 is 0 Å². The highest BCUT2D eigenvalue weighted by molar-refractivity contribution is 7.92. The molecule has 1 atom stereocenters. The van der Waals surface area contributed by atoms with Crippen LogP contribution in [0.25, 0.3) is 0 Å². The quantitative estimate of drug-likeness (QED) is 0.547. The SMILES string of the molecule is COc1cccc(O[C@@H](C)C(=O)Nc2ccc(S(=O)(=O)Nc3ccccc3C)cc2)c1. The zero-order chi connectivity index (χ0) is 22.4. The number of benzene rings is 3. The number of hydrogen-bond acceptors (Lipinski definition) is 5. The van der Waals surface area contributed by atoms with Crippen molar-refractivity contribution in [3.8, 4) is 11.5 Å². The Morgan fingerprint density at radius 1 is 0.935 bits per heavy atom. The molecule has 0 saturated carbocycles. The molecule has 0 radical (unpaired) electrons. The average Bonchev–Trinajstić information content (AvgIpc) is 2.75. The Hall–Kier alpha value is -3.52. The van der Waals surface area contributed by atoms with E-state index in [0.29, 0.717) is 22.9 Å². The van der Waals surface area contributed by atoms with Gasteiger partial charge in [0.1, 0.15) is 11.5 Å². The third kappa shape index (κ3) is 5.76.